The van der Waals surface area contributed by atoms with Gasteiger partial charge in [0, 0.05) is 89.4 Å². The van der Waals surface area contributed by atoms with Gasteiger partial charge in [-0.25, -0.2) is 4.18 Å². The maximum absolute atomic E-state index is 14.3. The zero-order chi connectivity index (χ0) is 99.6. The smallest absolute Gasteiger partial charge is 0.397 e. The van der Waals surface area contributed by atoms with Gasteiger partial charge in [0.1, 0.15) is 65.6 Å². The number of aliphatic hydroxyl groups is 7. The quantitative estimate of drug-likeness (QED) is 0.0113. The van der Waals surface area contributed by atoms with Crippen LogP contribution in [0.15, 0.2) is 59.3 Å². The van der Waals surface area contributed by atoms with Gasteiger partial charge in [-0.15, -0.1) is 0 Å². The highest BCUT2D eigenvalue weighted by atomic mass is 32.3. The highest BCUT2D eigenvalue weighted by molar-refractivity contribution is 7.80. The first-order chi connectivity index (χ1) is 62.9. The topological polar surface area (TPSA) is 434 Å². The minimum atomic E-state index is -4.23. The number of carbonyl (C=O) groups is 4. The highest BCUT2D eigenvalue weighted by Crippen LogP contribution is 2.49. The van der Waals surface area contributed by atoms with Crippen LogP contribution < -0.4 is 0 Å². The van der Waals surface area contributed by atoms with Gasteiger partial charge in [-0.05, 0) is 144 Å². The zero-order valence-electron chi connectivity index (χ0n) is 84.6. The van der Waals surface area contributed by atoms with Gasteiger partial charge < -0.3 is 121 Å². The number of aliphatic hydroxyl groups excluding tert-OH is 4. The molecule has 0 amide bonds. The number of esters is 3. The van der Waals surface area contributed by atoms with E-state index in [1.54, 1.807) is 88.7 Å². The number of Topliss-reactive ketones (excluding diaryl/α,β-unsaturated/α-hetero) is 1. The Morgan fingerprint density at radius 1 is 0.649 bits per heavy atom. The molecule has 7 saturated heterocycles. The molecule has 10 aliphatic rings. The van der Waals surface area contributed by atoms with E-state index < -0.39 is 215 Å². The van der Waals surface area contributed by atoms with Gasteiger partial charge in [-0.1, -0.05) is 170 Å². The summed E-state index contributed by atoms with van der Waals surface area (Å²) in [5.41, 5.74) is -4.79. The van der Waals surface area contributed by atoms with Crippen molar-refractivity contribution in [3.8, 4) is 0 Å². The molecule has 1 spiro atoms. The molecule has 0 aromatic carbocycles. The highest BCUT2D eigenvalue weighted by Gasteiger charge is 2.62. The number of fused-ring (bicyclic) bond motifs is 2. The predicted octanol–water partition coefficient (Wildman–Crippen LogP) is 11.9. The fraction of sp³-hybridized carbons (Fsp3) is 0.860. The van der Waals surface area contributed by atoms with E-state index in [2.05, 4.69) is 51.0 Å². The third kappa shape index (κ3) is 29.5. The van der Waals surface area contributed by atoms with Crippen LogP contribution in [0.5, 0.6) is 0 Å². The van der Waals surface area contributed by atoms with Crippen LogP contribution in [-0.2, 0) is 114 Å². The van der Waals surface area contributed by atoms with Crippen LogP contribution in [0.2, 0.25) is 0 Å². The van der Waals surface area contributed by atoms with Gasteiger partial charge in [0.15, 0.2) is 37.1 Å². The Hall–Kier alpha value is -4.23. The first-order valence-electron chi connectivity index (χ1n) is 49.5. The average molecular weight is 1930 g/mol. The normalized spacial score (nSPS) is 42.5. The lowest BCUT2D eigenvalue weighted by Gasteiger charge is -2.49. The van der Waals surface area contributed by atoms with E-state index in [-0.39, 0.29) is 87.1 Å². The summed E-state index contributed by atoms with van der Waals surface area (Å²) in [5, 5.41) is 80.8. The molecule has 10 rings (SSSR count). The summed E-state index contributed by atoms with van der Waals surface area (Å²) in [6.45, 7) is 36.4. The first kappa shape index (κ1) is 115. The number of nitrogens with zero attached hydrogens (tertiary/aromatic N) is 1. The monoisotopic (exact) mass is 1930 g/mol. The molecule has 0 aromatic rings. The minimum Gasteiger partial charge on any atom is -0.462 e. The summed E-state index contributed by atoms with van der Waals surface area (Å²) in [4.78, 5) is 57.2. The molecule has 0 saturated carbocycles. The van der Waals surface area contributed by atoms with E-state index in [4.69, 9.17) is 85.1 Å². The third-order valence-corrected chi connectivity index (χ3v) is 30.1. The number of carbonyl (C=O) groups excluding carboxylic acids is 4. The van der Waals surface area contributed by atoms with Crippen LogP contribution >= 0.6 is 0 Å². The number of hydrogen-bond donors (Lipinski definition) is 8. The van der Waals surface area contributed by atoms with E-state index in [0.29, 0.717) is 56.1 Å². The van der Waals surface area contributed by atoms with Crippen LogP contribution in [-0.4, -0.2) is 307 Å². The molecule has 8 N–H and O–H groups in total. The number of unbranched alkanes of at least 4 members (excludes halogenated alkanes) is 9. The van der Waals surface area contributed by atoms with Gasteiger partial charge in [0.2, 0.25) is 0 Å². The van der Waals surface area contributed by atoms with Crippen LogP contribution in [0.3, 0.4) is 0 Å². The minimum absolute atomic E-state index is 0.0317. The van der Waals surface area contributed by atoms with E-state index in [1.165, 1.54) is 72.8 Å². The lowest BCUT2D eigenvalue weighted by Crippen LogP contribution is -2.61. The van der Waals surface area contributed by atoms with Gasteiger partial charge in [0.05, 0.1) is 110 Å². The largest absolute Gasteiger partial charge is 0.462 e. The molecule has 1 aliphatic carbocycles. The molecule has 0 radical (unpaired) electrons. The molecule has 9 heterocycles. The molecule has 134 heavy (non-hydrogen) atoms. The van der Waals surface area contributed by atoms with Crippen LogP contribution in [0.4, 0.5) is 0 Å². The molecule has 2 bridgehead atoms. The fourth-order valence-corrected chi connectivity index (χ4v) is 21.4. The van der Waals surface area contributed by atoms with Gasteiger partial charge in [0.25, 0.3) is 0 Å². The maximum Gasteiger partial charge on any atom is 0.397 e. The molecular formula is C100H169NO32S. The van der Waals surface area contributed by atoms with Crippen LogP contribution in [0, 0.1) is 47.3 Å². The van der Waals surface area contributed by atoms with E-state index in [9.17, 15) is 63.3 Å². The maximum atomic E-state index is 14.3. The second-order valence-corrected chi connectivity index (χ2v) is 41.8. The Bertz CT molecular complexity index is 3950. The average Bonchev–Trinajstić information content (AvgIpc) is 1.54. The summed E-state index contributed by atoms with van der Waals surface area (Å²) >= 11 is 0. The van der Waals surface area contributed by atoms with E-state index in [1.807, 2.05) is 58.0 Å². The summed E-state index contributed by atoms with van der Waals surface area (Å²) < 4.78 is 140. The number of ether oxygens (including phenoxy) is 17. The second-order valence-electron chi connectivity index (χ2n) is 40.7. The lowest BCUT2D eigenvalue weighted by molar-refractivity contribution is -0.319. The molecular weight excluding hydrogens is 1760 g/mol. The third-order valence-electron chi connectivity index (χ3n) is 29.6. The summed E-state index contributed by atoms with van der Waals surface area (Å²) in [7, 11) is 4.19. The van der Waals surface area contributed by atoms with E-state index >= 15 is 0 Å². The second kappa shape index (κ2) is 51.1. The molecule has 38 unspecified atom stereocenters. The Morgan fingerprint density at radius 2 is 1.27 bits per heavy atom. The SMILES string of the molecule is CCC(=O)OC1C(OC2C(C)C(OC3CC(C)(OC)C(O)C(C)O3)C(C)C(=O)OC(CC)C(C)(O)C(O)C(C)C(=O)C(C)CC2(C)O)OC(C)CC1N(C)C.CCC(C)C1OC2(C=CC1C)CC1CC(CC=C(C)C(OC3CC(OC)C(OC4CC(OC)C(O)C(C)O4)C(C)O3)C(C)C=CC=C3COC4C(O)C(C)=CC(C(=O)O1)C34O)O2.CCCCCCCCCCCCOS(=O)(=O)O. The number of ketones is 1. The number of hydrogen-bond acceptors (Lipinski definition) is 32. The molecule has 34 heteroatoms. The van der Waals surface area contributed by atoms with Crippen molar-refractivity contribution in [1.82, 2.24) is 4.90 Å². The summed E-state index contributed by atoms with van der Waals surface area (Å²) in [6.07, 6.45) is 10.7. The summed E-state index contributed by atoms with van der Waals surface area (Å²) in [5.74, 6) is -8.15. The number of rotatable bonds is 29. The zero-order valence-corrected chi connectivity index (χ0v) is 85.4. The lowest BCUT2D eigenvalue weighted by atomic mass is 9.71. The predicted molar refractivity (Wildman–Crippen MR) is 497 cm³/mol. The number of cyclic esters (lactones) is 1. The Labute approximate surface area is 797 Å². The van der Waals surface area contributed by atoms with Crippen molar-refractivity contribution in [3.05, 3.63) is 59.3 Å². The van der Waals surface area contributed by atoms with Crippen LogP contribution in [0.1, 0.15) is 273 Å². The van der Waals surface area contributed by atoms with Crippen molar-refractivity contribution < 1.29 is 153 Å². The van der Waals surface area contributed by atoms with Gasteiger partial charge >= 0.3 is 28.3 Å². The van der Waals surface area contributed by atoms with Crippen molar-refractivity contribution >= 4 is 34.1 Å². The van der Waals surface area contributed by atoms with Crippen molar-refractivity contribution in [1.29, 1.82) is 0 Å². The van der Waals surface area contributed by atoms with Crippen LogP contribution in [0.25, 0.3) is 0 Å². The molecule has 0 aromatic heterocycles. The van der Waals surface area contributed by atoms with Crippen molar-refractivity contribution in [2.24, 2.45) is 47.3 Å². The van der Waals surface area contributed by atoms with Gasteiger partial charge in [-0.2, -0.15) is 8.42 Å². The molecule has 9 aliphatic heterocycles. The molecule has 7 fully saturated rings. The molecule has 38 atom stereocenters. The van der Waals surface area contributed by atoms with Crippen molar-refractivity contribution in [3.63, 3.8) is 0 Å². The number of methoxy groups -OCH3 is 3. The van der Waals surface area contributed by atoms with Crippen molar-refractivity contribution in [2.45, 2.75) is 455 Å². The molecule has 772 valence electrons. The number of likely N-dealkylation sites (N-methyl/N-ethyl adjacent to an activating group) is 1. The summed E-state index contributed by atoms with van der Waals surface area (Å²) in [6, 6.07) is -0.319. The van der Waals surface area contributed by atoms with E-state index in [0.717, 1.165) is 24.8 Å². The molecule has 33 nitrogen and oxygen atoms in total. The van der Waals surface area contributed by atoms with Gasteiger partial charge in [-0.3, -0.25) is 23.7 Å². The Balaban J connectivity index is 0.000000282. The Kier molecular flexibility index (Phi) is 43.9. The Morgan fingerprint density at radius 3 is 1.88 bits per heavy atom. The standard InChI is InChI=1S/C48H72O14.C40H71NO14.C12H26O4S/c1-11-25(2)43-28(5)17-18-47(62-43)23-34-20-33(61-47)16-15-27(4)42(26(3)13-12-14-32-24-55-45-40(49)29(6)19-35(46(51)58-34)48(32,45)52)59-39-22-37(54-10)44(31(8)57-39)60-38-21-36(53-9)41(50)30(7)56-38;1-15-27-40(11,48)33(44)22(5)30(43)20(3)18-38(9,47)35(55-37-32(53-28(42)16-2)26(41(12)13)17-21(4)50-37)23(6)31(24(7)36(46)52-27)54-29-19-39(10,49-14)34(45)25(8)51-29;1-2-3-4-5-6-7-8-9-10-11-12-16-17(13,14)15/h12-15,17-19,25-26,28,30-31,33-45,49-50,52H,11,16,20-24H2,1-10H3;20-27,29,31-35,37,44-45,47-48H,15-19H2,1-14H3;2-12H2,1H3,(H,13,14,15). The number of allylic oxidation sites excluding steroid dienone is 2. The van der Waals surface area contributed by atoms with Crippen molar-refractivity contribution in [2.75, 3.05) is 48.6 Å². The first-order valence-corrected chi connectivity index (χ1v) is 50.8. The fourth-order valence-electron chi connectivity index (χ4n) is 21.1.